The molecule has 1 atom stereocenters. The topological polar surface area (TPSA) is 32.3 Å². The Morgan fingerprint density at radius 1 is 1.47 bits per heavy atom. The van der Waals surface area contributed by atoms with Crippen LogP contribution in [0.15, 0.2) is 0 Å². The van der Waals surface area contributed by atoms with E-state index in [4.69, 9.17) is 0 Å². The minimum atomic E-state index is 0. The molecule has 2 heterocycles. The Labute approximate surface area is 111 Å². The molecule has 17 heavy (non-hydrogen) atoms. The van der Waals surface area contributed by atoms with Crippen LogP contribution >= 0.6 is 12.4 Å². The van der Waals surface area contributed by atoms with Gasteiger partial charge in [-0.1, -0.05) is 20.3 Å². The predicted molar refractivity (Wildman–Crippen MR) is 72.4 cm³/mol. The van der Waals surface area contributed by atoms with Gasteiger partial charge in [-0.25, -0.2) is 0 Å². The van der Waals surface area contributed by atoms with E-state index in [1.54, 1.807) is 0 Å². The number of carbonyl (C=O) groups is 1. The lowest BCUT2D eigenvalue weighted by molar-refractivity contribution is -0.140. The second-order valence-electron chi connectivity index (χ2n) is 5.78. The fourth-order valence-electron chi connectivity index (χ4n) is 3.03. The minimum Gasteiger partial charge on any atom is -0.342 e. The maximum atomic E-state index is 12.2. The summed E-state index contributed by atoms with van der Waals surface area (Å²) in [5, 5.41) is 3.18. The summed E-state index contributed by atoms with van der Waals surface area (Å²) in [6, 6.07) is 0. The number of nitrogens with zero attached hydrogens (tertiary/aromatic N) is 1. The maximum Gasteiger partial charge on any atom is 0.228 e. The first-order valence-corrected chi connectivity index (χ1v) is 6.64. The van der Waals surface area contributed by atoms with Gasteiger partial charge in [-0.15, -0.1) is 12.4 Å². The van der Waals surface area contributed by atoms with Crippen LogP contribution < -0.4 is 5.32 Å². The van der Waals surface area contributed by atoms with Gasteiger partial charge in [-0.2, -0.15) is 0 Å². The average molecular weight is 261 g/mol. The molecule has 2 aliphatic rings. The van der Waals surface area contributed by atoms with Crippen molar-refractivity contribution in [2.24, 2.45) is 11.3 Å². The third-order valence-electron chi connectivity index (χ3n) is 4.08. The normalized spacial score (nSPS) is 29.4. The molecule has 100 valence electrons. The van der Waals surface area contributed by atoms with Crippen LogP contribution in [0.4, 0.5) is 0 Å². The van der Waals surface area contributed by atoms with Gasteiger partial charge in [-0.3, -0.25) is 4.79 Å². The van der Waals surface area contributed by atoms with Gasteiger partial charge in [0.25, 0.3) is 0 Å². The molecule has 0 aromatic rings. The first kappa shape index (κ1) is 14.8. The van der Waals surface area contributed by atoms with Crippen LogP contribution in [0.3, 0.4) is 0 Å². The van der Waals surface area contributed by atoms with E-state index in [9.17, 15) is 4.79 Å². The number of halogens is 1. The van der Waals surface area contributed by atoms with E-state index in [1.165, 1.54) is 25.7 Å². The number of hydrogen-bond donors (Lipinski definition) is 1. The van der Waals surface area contributed by atoms with Crippen LogP contribution in [-0.4, -0.2) is 37.0 Å². The Kier molecular flexibility index (Phi) is 5.26. The first-order chi connectivity index (χ1) is 7.64. The molecule has 1 N–H and O–H groups in total. The highest BCUT2D eigenvalue weighted by Crippen LogP contribution is 2.34. The second kappa shape index (κ2) is 6.05. The van der Waals surface area contributed by atoms with E-state index in [1.807, 2.05) is 0 Å². The summed E-state index contributed by atoms with van der Waals surface area (Å²) in [6.07, 6.45) is 4.94. The summed E-state index contributed by atoms with van der Waals surface area (Å²) in [6.45, 7) is 8.32. The molecular weight excluding hydrogens is 236 g/mol. The number of carbonyl (C=O) groups excluding carboxylic acids is 1. The van der Waals surface area contributed by atoms with E-state index in [2.05, 4.69) is 24.1 Å². The summed E-state index contributed by atoms with van der Waals surface area (Å²) in [7, 11) is 0. The number of piperidine rings is 1. The van der Waals surface area contributed by atoms with E-state index in [-0.39, 0.29) is 18.3 Å². The zero-order chi connectivity index (χ0) is 11.6. The van der Waals surface area contributed by atoms with Gasteiger partial charge in [0.15, 0.2) is 0 Å². The average Bonchev–Trinajstić information content (AvgIpc) is 2.14. The van der Waals surface area contributed by atoms with Crippen molar-refractivity contribution in [3.05, 3.63) is 0 Å². The van der Waals surface area contributed by atoms with Crippen molar-refractivity contribution < 1.29 is 4.79 Å². The Hall–Kier alpha value is -0.280. The molecule has 3 nitrogen and oxygen atoms in total. The molecule has 2 aliphatic heterocycles. The summed E-state index contributed by atoms with van der Waals surface area (Å²) in [4.78, 5) is 14.3. The van der Waals surface area contributed by atoms with Crippen LogP contribution in [0.1, 0.15) is 39.5 Å². The summed E-state index contributed by atoms with van der Waals surface area (Å²) >= 11 is 0. The SMILES string of the molecule is CCCC1(C)CCCN(C(=O)C2CNC2)C1.Cl. The lowest BCUT2D eigenvalue weighted by Crippen LogP contribution is -2.55. The predicted octanol–water partition coefficient (Wildman–Crippen LogP) is 2.06. The van der Waals surface area contributed by atoms with E-state index >= 15 is 0 Å². The van der Waals surface area contributed by atoms with Crippen molar-refractivity contribution in [1.29, 1.82) is 0 Å². The number of amides is 1. The van der Waals surface area contributed by atoms with E-state index < -0.39 is 0 Å². The van der Waals surface area contributed by atoms with Crippen molar-refractivity contribution >= 4 is 18.3 Å². The quantitative estimate of drug-likeness (QED) is 0.843. The number of hydrogen-bond acceptors (Lipinski definition) is 2. The lowest BCUT2D eigenvalue weighted by Gasteiger charge is -2.43. The van der Waals surface area contributed by atoms with Gasteiger partial charge in [-0.05, 0) is 24.7 Å². The molecule has 2 saturated heterocycles. The van der Waals surface area contributed by atoms with Crippen LogP contribution in [0.25, 0.3) is 0 Å². The largest absolute Gasteiger partial charge is 0.342 e. The molecule has 0 aromatic heterocycles. The molecular formula is C13H25ClN2O. The van der Waals surface area contributed by atoms with Crippen molar-refractivity contribution in [2.75, 3.05) is 26.2 Å². The van der Waals surface area contributed by atoms with Gasteiger partial charge < -0.3 is 10.2 Å². The molecule has 0 aromatic carbocycles. The molecule has 2 fully saturated rings. The fraction of sp³-hybridized carbons (Fsp3) is 0.923. The van der Waals surface area contributed by atoms with E-state index in [0.717, 1.165) is 26.2 Å². The molecule has 1 amide bonds. The maximum absolute atomic E-state index is 12.2. The summed E-state index contributed by atoms with van der Waals surface area (Å²) in [5.41, 5.74) is 0.375. The van der Waals surface area contributed by atoms with Crippen molar-refractivity contribution in [3.8, 4) is 0 Å². The Balaban J connectivity index is 0.00000144. The fourth-order valence-corrected chi connectivity index (χ4v) is 3.03. The van der Waals surface area contributed by atoms with Gasteiger partial charge in [0.05, 0.1) is 5.92 Å². The van der Waals surface area contributed by atoms with Gasteiger partial charge in [0.1, 0.15) is 0 Å². The Bertz CT molecular complexity index is 264. The number of nitrogens with one attached hydrogen (secondary N) is 1. The second-order valence-corrected chi connectivity index (χ2v) is 5.78. The zero-order valence-electron chi connectivity index (χ0n) is 11.0. The lowest BCUT2D eigenvalue weighted by atomic mass is 9.78. The van der Waals surface area contributed by atoms with E-state index in [0.29, 0.717) is 11.3 Å². The summed E-state index contributed by atoms with van der Waals surface area (Å²) < 4.78 is 0. The number of likely N-dealkylation sites (tertiary alicyclic amines) is 1. The molecule has 4 heteroatoms. The smallest absolute Gasteiger partial charge is 0.228 e. The van der Waals surface area contributed by atoms with Gasteiger partial charge >= 0.3 is 0 Å². The van der Waals surface area contributed by atoms with Crippen molar-refractivity contribution in [3.63, 3.8) is 0 Å². The Morgan fingerprint density at radius 3 is 2.71 bits per heavy atom. The molecule has 0 bridgehead atoms. The highest BCUT2D eigenvalue weighted by atomic mass is 35.5. The molecule has 1 unspecified atom stereocenters. The number of rotatable bonds is 3. The third-order valence-corrected chi connectivity index (χ3v) is 4.08. The van der Waals surface area contributed by atoms with Gasteiger partial charge in [0, 0.05) is 26.2 Å². The molecule has 0 aliphatic carbocycles. The monoisotopic (exact) mass is 260 g/mol. The summed E-state index contributed by atoms with van der Waals surface area (Å²) in [5.74, 6) is 0.657. The van der Waals surface area contributed by atoms with Crippen molar-refractivity contribution in [1.82, 2.24) is 10.2 Å². The van der Waals surface area contributed by atoms with Crippen LogP contribution in [0.2, 0.25) is 0 Å². The highest BCUT2D eigenvalue weighted by Gasteiger charge is 2.36. The third kappa shape index (κ3) is 3.35. The highest BCUT2D eigenvalue weighted by molar-refractivity contribution is 5.85. The van der Waals surface area contributed by atoms with Crippen molar-refractivity contribution in [2.45, 2.75) is 39.5 Å². The molecule has 0 radical (unpaired) electrons. The zero-order valence-corrected chi connectivity index (χ0v) is 11.8. The van der Waals surface area contributed by atoms with Crippen LogP contribution in [0.5, 0.6) is 0 Å². The van der Waals surface area contributed by atoms with Gasteiger partial charge in [0.2, 0.25) is 5.91 Å². The first-order valence-electron chi connectivity index (χ1n) is 6.64. The minimum absolute atomic E-state index is 0. The molecule has 0 saturated carbocycles. The molecule has 2 rings (SSSR count). The molecule has 0 spiro atoms. The van der Waals surface area contributed by atoms with Crippen LogP contribution in [-0.2, 0) is 4.79 Å². The standard InChI is InChI=1S/C13H24N2O.ClH/c1-3-5-13(2)6-4-7-15(10-13)12(16)11-8-14-9-11;/h11,14H,3-10H2,1-2H3;1H. The Morgan fingerprint density at radius 2 is 2.18 bits per heavy atom. The van der Waals surface area contributed by atoms with Crippen LogP contribution in [0, 0.1) is 11.3 Å².